The lowest BCUT2D eigenvalue weighted by molar-refractivity contribution is 0.0797. The van der Waals surface area contributed by atoms with Crippen LogP contribution in [0.2, 0.25) is 0 Å². The van der Waals surface area contributed by atoms with Crippen molar-refractivity contribution in [2.24, 2.45) is 0 Å². The van der Waals surface area contributed by atoms with E-state index in [4.69, 9.17) is 9.68 Å². The smallest absolute Gasteiger partial charge is 0.255 e. The third-order valence-corrected chi connectivity index (χ3v) is 5.60. The summed E-state index contributed by atoms with van der Waals surface area (Å²) in [4.78, 5) is 27.0. The number of nitrogens with zero attached hydrogens (tertiary/aromatic N) is 2. The summed E-state index contributed by atoms with van der Waals surface area (Å²) in [5, 5.41) is 12.0. The van der Waals surface area contributed by atoms with E-state index in [2.05, 4.69) is 5.32 Å². The van der Waals surface area contributed by atoms with Gasteiger partial charge in [-0.15, -0.1) is 0 Å². The molecule has 6 nitrogen and oxygen atoms in total. The zero-order chi connectivity index (χ0) is 24.2. The number of nitriles is 1. The van der Waals surface area contributed by atoms with Gasteiger partial charge in [0.15, 0.2) is 0 Å². The van der Waals surface area contributed by atoms with Gasteiger partial charge in [0.2, 0.25) is 0 Å². The second kappa shape index (κ2) is 9.59. The summed E-state index contributed by atoms with van der Waals surface area (Å²) in [7, 11) is 3.20. The van der Waals surface area contributed by atoms with E-state index >= 15 is 0 Å². The van der Waals surface area contributed by atoms with Crippen LogP contribution in [0.25, 0.3) is 33.4 Å². The van der Waals surface area contributed by atoms with Crippen LogP contribution in [0.5, 0.6) is 0 Å². The second-order valence-electron chi connectivity index (χ2n) is 7.82. The Morgan fingerprint density at radius 3 is 2.44 bits per heavy atom. The highest BCUT2D eigenvalue weighted by Crippen LogP contribution is 2.36. The van der Waals surface area contributed by atoms with Crippen LogP contribution in [0.4, 0.5) is 4.39 Å². The molecule has 4 aromatic rings. The van der Waals surface area contributed by atoms with Crippen LogP contribution in [-0.2, 0) is 0 Å². The average Bonchev–Trinajstić information content (AvgIpc) is 3.25. The fourth-order valence-electron chi connectivity index (χ4n) is 3.80. The molecular weight excluding hydrogens is 433 g/mol. The highest BCUT2D eigenvalue weighted by molar-refractivity contribution is 6.11. The van der Waals surface area contributed by atoms with Gasteiger partial charge in [-0.3, -0.25) is 9.59 Å². The molecule has 0 radical (unpaired) electrons. The number of rotatable bonds is 6. The zero-order valence-electron chi connectivity index (χ0n) is 18.8. The highest BCUT2D eigenvalue weighted by atomic mass is 19.1. The number of fused-ring (bicyclic) bond motifs is 1. The molecule has 0 spiro atoms. The van der Waals surface area contributed by atoms with Crippen molar-refractivity contribution in [3.8, 4) is 28.5 Å². The van der Waals surface area contributed by atoms with Crippen LogP contribution in [0.3, 0.4) is 0 Å². The summed E-state index contributed by atoms with van der Waals surface area (Å²) in [6, 6.07) is 20.5. The normalized spacial score (nSPS) is 10.6. The van der Waals surface area contributed by atoms with Gasteiger partial charge in [0.25, 0.3) is 11.8 Å². The molecule has 4 rings (SSSR count). The van der Waals surface area contributed by atoms with E-state index in [1.807, 2.05) is 24.3 Å². The standard InChI is InChI=1S/C27H22FN3O3/c1-30-26(32)24-22-16-19(9-12-23(22)34-25(24)17-7-10-21(28)11-8-17)18-5-3-6-20(15-18)27(33)31(2)14-4-13-29/h3,5-12,15-16H,4,14H2,1-2H3,(H,30,32). The molecule has 0 bridgehead atoms. The molecule has 0 saturated heterocycles. The van der Waals surface area contributed by atoms with Crippen molar-refractivity contribution >= 4 is 22.8 Å². The Hall–Kier alpha value is -4.44. The molecule has 0 aliphatic carbocycles. The molecule has 1 aromatic heterocycles. The molecule has 3 aromatic carbocycles. The third kappa shape index (κ3) is 4.39. The van der Waals surface area contributed by atoms with E-state index < -0.39 is 0 Å². The SMILES string of the molecule is CNC(=O)c1c(-c2ccc(F)cc2)oc2ccc(-c3cccc(C(=O)N(C)CCC#N)c3)cc12. The Morgan fingerprint density at radius 2 is 1.74 bits per heavy atom. The number of hydrogen-bond donors (Lipinski definition) is 1. The quantitative estimate of drug-likeness (QED) is 0.430. The molecule has 34 heavy (non-hydrogen) atoms. The molecule has 0 saturated carbocycles. The van der Waals surface area contributed by atoms with Gasteiger partial charge in [-0.05, 0) is 59.7 Å². The first-order valence-electron chi connectivity index (χ1n) is 10.7. The maximum absolute atomic E-state index is 13.4. The van der Waals surface area contributed by atoms with Crippen LogP contribution < -0.4 is 5.32 Å². The Balaban J connectivity index is 1.78. The van der Waals surface area contributed by atoms with E-state index in [0.29, 0.717) is 40.0 Å². The van der Waals surface area contributed by atoms with Gasteiger partial charge in [0, 0.05) is 37.2 Å². The monoisotopic (exact) mass is 455 g/mol. The number of halogens is 1. The van der Waals surface area contributed by atoms with Crippen molar-refractivity contribution in [2.45, 2.75) is 6.42 Å². The van der Waals surface area contributed by atoms with Gasteiger partial charge >= 0.3 is 0 Å². The van der Waals surface area contributed by atoms with Crippen LogP contribution in [0.1, 0.15) is 27.1 Å². The summed E-state index contributed by atoms with van der Waals surface area (Å²) in [6.45, 7) is 0.349. The van der Waals surface area contributed by atoms with Gasteiger partial charge in [0.1, 0.15) is 17.2 Å². The van der Waals surface area contributed by atoms with Crippen LogP contribution in [-0.4, -0.2) is 37.4 Å². The number of benzene rings is 3. The molecule has 0 aliphatic heterocycles. The zero-order valence-corrected chi connectivity index (χ0v) is 18.8. The van der Waals surface area contributed by atoms with Crippen molar-refractivity contribution in [3.05, 3.63) is 83.7 Å². The Kier molecular flexibility index (Phi) is 6.42. The van der Waals surface area contributed by atoms with Crippen molar-refractivity contribution < 1.29 is 18.4 Å². The minimum absolute atomic E-state index is 0.175. The Labute approximate surface area is 196 Å². The summed E-state index contributed by atoms with van der Waals surface area (Å²) in [5.41, 5.74) is 3.57. The van der Waals surface area contributed by atoms with Crippen LogP contribution in [0.15, 0.2) is 71.1 Å². The molecular formula is C27H22FN3O3. The maximum Gasteiger partial charge on any atom is 0.255 e. The van der Waals surface area contributed by atoms with Gasteiger partial charge in [0.05, 0.1) is 18.1 Å². The minimum Gasteiger partial charge on any atom is -0.455 e. The summed E-state index contributed by atoms with van der Waals surface area (Å²) >= 11 is 0. The third-order valence-electron chi connectivity index (χ3n) is 5.60. The summed E-state index contributed by atoms with van der Waals surface area (Å²) < 4.78 is 19.4. The molecule has 170 valence electrons. The van der Waals surface area contributed by atoms with E-state index in [0.717, 1.165) is 11.1 Å². The lowest BCUT2D eigenvalue weighted by Crippen LogP contribution is -2.27. The molecule has 1 heterocycles. The number of carbonyl (C=O) groups excluding carboxylic acids is 2. The van der Waals surface area contributed by atoms with Crippen molar-refractivity contribution in [2.75, 3.05) is 20.6 Å². The van der Waals surface area contributed by atoms with E-state index in [-0.39, 0.29) is 24.1 Å². The predicted octanol–water partition coefficient (Wildman–Crippen LogP) is 5.25. The molecule has 0 aliphatic rings. The van der Waals surface area contributed by atoms with Gasteiger partial charge in [-0.2, -0.15) is 5.26 Å². The van der Waals surface area contributed by atoms with Crippen LogP contribution >= 0.6 is 0 Å². The van der Waals surface area contributed by atoms with E-state index in [1.165, 1.54) is 24.1 Å². The van der Waals surface area contributed by atoms with Gasteiger partial charge < -0.3 is 14.6 Å². The molecule has 1 N–H and O–H groups in total. The van der Waals surface area contributed by atoms with Gasteiger partial charge in [-0.1, -0.05) is 18.2 Å². The van der Waals surface area contributed by atoms with E-state index in [9.17, 15) is 14.0 Å². The van der Waals surface area contributed by atoms with E-state index in [1.54, 1.807) is 43.4 Å². The lowest BCUT2D eigenvalue weighted by Gasteiger charge is -2.16. The second-order valence-corrected chi connectivity index (χ2v) is 7.82. The lowest BCUT2D eigenvalue weighted by atomic mass is 9.99. The number of nitrogens with one attached hydrogen (secondary N) is 1. The molecule has 0 fully saturated rings. The number of furan rings is 1. The first kappa shape index (κ1) is 22.7. The topological polar surface area (TPSA) is 86.3 Å². The summed E-state index contributed by atoms with van der Waals surface area (Å²) in [5.74, 6) is -0.518. The number of carbonyl (C=O) groups is 2. The van der Waals surface area contributed by atoms with Gasteiger partial charge in [-0.25, -0.2) is 4.39 Å². The average molecular weight is 455 g/mol. The first-order valence-corrected chi connectivity index (χ1v) is 10.7. The molecule has 0 unspecified atom stereocenters. The molecule has 2 amide bonds. The molecule has 7 heteroatoms. The Bertz CT molecular complexity index is 1420. The molecule has 0 atom stereocenters. The first-order chi connectivity index (χ1) is 16.4. The Morgan fingerprint density at radius 1 is 1.03 bits per heavy atom. The van der Waals surface area contributed by atoms with Crippen LogP contribution in [0, 0.1) is 17.1 Å². The fourth-order valence-corrected chi connectivity index (χ4v) is 3.80. The number of amides is 2. The van der Waals surface area contributed by atoms with Crippen molar-refractivity contribution in [1.82, 2.24) is 10.2 Å². The maximum atomic E-state index is 13.4. The van der Waals surface area contributed by atoms with Crippen molar-refractivity contribution in [3.63, 3.8) is 0 Å². The largest absolute Gasteiger partial charge is 0.455 e. The minimum atomic E-state index is -0.378. The fraction of sp³-hybridized carbons (Fsp3) is 0.148. The number of hydrogen-bond acceptors (Lipinski definition) is 4. The summed E-state index contributed by atoms with van der Waals surface area (Å²) in [6.07, 6.45) is 0.262. The van der Waals surface area contributed by atoms with Crippen molar-refractivity contribution in [1.29, 1.82) is 5.26 Å². The highest BCUT2D eigenvalue weighted by Gasteiger charge is 2.22. The predicted molar refractivity (Wildman–Crippen MR) is 128 cm³/mol.